The maximum Gasteiger partial charge on any atom is 0.141 e. The molecule has 0 radical (unpaired) electrons. The number of nitrogen functional groups attached to an aromatic ring is 1. The highest BCUT2D eigenvalue weighted by atomic mass is 16.5. The van der Waals surface area contributed by atoms with Crippen LogP contribution in [0.4, 0.5) is 5.69 Å². The summed E-state index contributed by atoms with van der Waals surface area (Å²) in [4.78, 5) is 0. The molecular weight excluding hydrogens is 238 g/mol. The third-order valence-corrected chi connectivity index (χ3v) is 3.18. The fourth-order valence-electron chi connectivity index (χ4n) is 2.35. The van der Waals surface area contributed by atoms with Crippen molar-refractivity contribution >= 4 is 5.69 Å². The Kier molecular flexibility index (Phi) is 3.65. The average molecular weight is 257 g/mol. The molecule has 0 aliphatic rings. The summed E-state index contributed by atoms with van der Waals surface area (Å²) >= 11 is 0. The first kappa shape index (κ1) is 13.3. The van der Waals surface area contributed by atoms with Crippen LogP contribution in [-0.4, -0.2) is 14.2 Å². The molecule has 0 saturated heterocycles. The van der Waals surface area contributed by atoms with E-state index in [1.165, 1.54) is 11.1 Å². The molecule has 2 aromatic rings. The van der Waals surface area contributed by atoms with Crippen molar-refractivity contribution in [2.45, 2.75) is 13.8 Å². The highest BCUT2D eigenvalue weighted by Crippen LogP contribution is 2.37. The van der Waals surface area contributed by atoms with Crippen molar-refractivity contribution in [2.24, 2.45) is 0 Å². The maximum absolute atomic E-state index is 5.97. The summed E-state index contributed by atoms with van der Waals surface area (Å²) in [6.07, 6.45) is 0. The van der Waals surface area contributed by atoms with Crippen molar-refractivity contribution in [2.75, 3.05) is 20.0 Å². The van der Waals surface area contributed by atoms with Gasteiger partial charge in [0.05, 0.1) is 19.9 Å². The second kappa shape index (κ2) is 5.22. The Morgan fingerprint density at radius 1 is 0.895 bits per heavy atom. The van der Waals surface area contributed by atoms with Crippen molar-refractivity contribution in [3.63, 3.8) is 0 Å². The molecular formula is C16H19NO2. The fourth-order valence-corrected chi connectivity index (χ4v) is 2.35. The maximum atomic E-state index is 5.97. The molecule has 0 aliphatic heterocycles. The zero-order chi connectivity index (χ0) is 14.0. The Balaban J connectivity index is 2.61. The van der Waals surface area contributed by atoms with Crippen molar-refractivity contribution in [1.29, 1.82) is 0 Å². The van der Waals surface area contributed by atoms with Gasteiger partial charge in [-0.05, 0) is 48.7 Å². The first-order chi connectivity index (χ1) is 9.06. The van der Waals surface area contributed by atoms with Crippen molar-refractivity contribution in [3.8, 4) is 22.6 Å². The van der Waals surface area contributed by atoms with Crippen molar-refractivity contribution in [3.05, 3.63) is 41.5 Å². The minimum absolute atomic E-state index is 0.627. The summed E-state index contributed by atoms with van der Waals surface area (Å²) in [7, 11) is 3.30. The van der Waals surface area contributed by atoms with Gasteiger partial charge in [-0.2, -0.15) is 0 Å². The Morgan fingerprint density at radius 2 is 1.58 bits per heavy atom. The van der Waals surface area contributed by atoms with E-state index in [2.05, 4.69) is 19.9 Å². The van der Waals surface area contributed by atoms with Crippen LogP contribution >= 0.6 is 0 Å². The van der Waals surface area contributed by atoms with Crippen LogP contribution in [0.3, 0.4) is 0 Å². The van der Waals surface area contributed by atoms with E-state index in [0.717, 1.165) is 16.9 Å². The average Bonchev–Trinajstić information content (AvgIpc) is 2.37. The third kappa shape index (κ3) is 2.50. The normalized spacial score (nSPS) is 10.3. The van der Waals surface area contributed by atoms with Gasteiger partial charge in [0, 0.05) is 5.56 Å². The smallest absolute Gasteiger partial charge is 0.141 e. The van der Waals surface area contributed by atoms with Crippen molar-refractivity contribution < 1.29 is 9.47 Å². The van der Waals surface area contributed by atoms with Gasteiger partial charge in [0.15, 0.2) is 0 Å². The molecule has 0 amide bonds. The molecule has 0 aliphatic carbocycles. The standard InChI is InChI=1S/C16H19NO2/c1-10-7-11(2)16(15(8-10)19-4)12-5-6-14(18-3)13(17)9-12/h5-9H,17H2,1-4H3. The van der Waals surface area contributed by atoms with E-state index in [1.807, 2.05) is 24.3 Å². The highest BCUT2D eigenvalue weighted by Gasteiger charge is 2.11. The Hall–Kier alpha value is -2.16. The van der Waals surface area contributed by atoms with E-state index < -0.39 is 0 Å². The number of benzene rings is 2. The Bertz CT molecular complexity index is 606. The first-order valence-electron chi connectivity index (χ1n) is 6.16. The van der Waals surface area contributed by atoms with Crippen LogP contribution < -0.4 is 15.2 Å². The van der Waals surface area contributed by atoms with E-state index in [-0.39, 0.29) is 0 Å². The molecule has 0 heterocycles. The zero-order valence-corrected chi connectivity index (χ0v) is 11.8. The lowest BCUT2D eigenvalue weighted by atomic mass is 9.97. The summed E-state index contributed by atoms with van der Waals surface area (Å²) in [5, 5.41) is 0. The highest BCUT2D eigenvalue weighted by molar-refractivity contribution is 5.78. The number of aryl methyl sites for hydroxylation is 2. The third-order valence-electron chi connectivity index (χ3n) is 3.18. The second-order valence-corrected chi connectivity index (χ2v) is 4.62. The number of hydrogen-bond acceptors (Lipinski definition) is 3. The number of rotatable bonds is 3. The number of nitrogens with two attached hydrogens (primary N) is 1. The van der Waals surface area contributed by atoms with E-state index in [4.69, 9.17) is 15.2 Å². The van der Waals surface area contributed by atoms with Gasteiger partial charge in [-0.15, -0.1) is 0 Å². The van der Waals surface area contributed by atoms with Crippen LogP contribution in [0.25, 0.3) is 11.1 Å². The van der Waals surface area contributed by atoms with Crippen molar-refractivity contribution in [1.82, 2.24) is 0 Å². The predicted molar refractivity (Wildman–Crippen MR) is 78.9 cm³/mol. The van der Waals surface area contributed by atoms with Gasteiger partial charge in [-0.1, -0.05) is 12.1 Å². The molecule has 3 nitrogen and oxygen atoms in total. The van der Waals surface area contributed by atoms with Gasteiger partial charge in [0.2, 0.25) is 0 Å². The molecule has 0 spiro atoms. The predicted octanol–water partition coefficient (Wildman–Crippen LogP) is 3.57. The summed E-state index contributed by atoms with van der Waals surface area (Å²) in [5.41, 5.74) is 11.1. The van der Waals surface area contributed by atoms with Gasteiger partial charge in [-0.3, -0.25) is 0 Å². The van der Waals surface area contributed by atoms with E-state index in [0.29, 0.717) is 11.4 Å². The second-order valence-electron chi connectivity index (χ2n) is 4.62. The lowest BCUT2D eigenvalue weighted by Crippen LogP contribution is -1.96. The molecule has 0 fully saturated rings. The zero-order valence-electron chi connectivity index (χ0n) is 11.8. The minimum atomic E-state index is 0.627. The number of ether oxygens (including phenoxy) is 2. The largest absolute Gasteiger partial charge is 0.496 e. The fraction of sp³-hybridized carbons (Fsp3) is 0.250. The van der Waals surface area contributed by atoms with Gasteiger partial charge in [-0.25, -0.2) is 0 Å². The summed E-state index contributed by atoms with van der Waals surface area (Å²) in [5.74, 6) is 1.55. The molecule has 19 heavy (non-hydrogen) atoms. The van der Waals surface area contributed by atoms with Gasteiger partial charge >= 0.3 is 0 Å². The lowest BCUT2D eigenvalue weighted by Gasteiger charge is -2.14. The lowest BCUT2D eigenvalue weighted by molar-refractivity contribution is 0.415. The molecule has 0 bridgehead atoms. The summed E-state index contributed by atoms with van der Waals surface area (Å²) < 4.78 is 10.7. The molecule has 0 atom stereocenters. The van der Waals surface area contributed by atoms with Crippen LogP contribution in [0.5, 0.6) is 11.5 Å². The molecule has 0 unspecified atom stereocenters. The van der Waals surface area contributed by atoms with E-state index in [1.54, 1.807) is 14.2 Å². The molecule has 100 valence electrons. The molecule has 2 N–H and O–H groups in total. The monoisotopic (exact) mass is 257 g/mol. The summed E-state index contributed by atoms with van der Waals surface area (Å²) in [6, 6.07) is 9.96. The quantitative estimate of drug-likeness (QED) is 0.855. The van der Waals surface area contributed by atoms with E-state index in [9.17, 15) is 0 Å². The van der Waals surface area contributed by atoms with Crippen LogP contribution in [-0.2, 0) is 0 Å². The molecule has 0 aromatic heterocycles. The van der Waals surface area contributed by atoms with Gasteiger partial charge in [0.1, 0.15) is 11.5 Å². The molecule has 0 saturated carbocycles. The van der Waals surface area contributed by atoms with Crippen LogP contribution in [0.1, 0.15) is 11.1 Å². The van der Waals surface area contributed by atoms with Gasteiger partial charge in [0.25, 0.3) is 0 Å². The van der Waals surface area contributed by atoms with Crippen LogP contribution in [0.15, 0.2) is 30.3 Å². The van der Waals surface area contributed by atoms with E-state index >= 15 is 0 Å². The Morgan fingerprint density at radius 3 is 2.16 bits per heavy atom. The molecule has 2 aromatic carbocycles. The minimum Gasteiger partial charge on any atom is -0.496 e. The van der Waals surface area contributed by atoms with Crippen LogP contribution in [0, 0.1) is 13.8 Å². The Labute approximate surface area is 114 Å². The number of hydrogen-bond donors (Lipinski definition) is 1. The first-order valence-corrected chi connectivity index (χ1v) is 6.16. The summed E-state index contributed by atoms with van der Waals surface area (Å²) in [6.45, 7) is 4.13. The molecule has 2 rings (SSSR count). The van der Waals surface area contributed by atoms with Crippen LogP contribution in [0.2, 0.25) is 0 Å². The topological polar surface area (TPSA) is 44.5 Å². The SMILES string of the molecule is COc1ccc(-c2c(C)cc(C)cc2OC)cc1N. The van der Waals surface area contributed by atoms with Gasteiger partial charge < -0.3 is 15.2 Å². The number of methoxy groups -OCH3 is 2. The molecule has 3 heteroatoms. The number of anilines is 1.